The predicted molar refractivity (Wildman–Crippen MR) is 70.3 cm³/mol. The lowest BCUT2D eigenvalue weighted by Crippen LogP contribution is -2.00. The van der Waals surface area contributed by atoms with Crippen molar-refractivity contribution in [3.05, 3.63) is 72.5 Å². The number of ether oxygens (including phenoxy) is 1. The maximum Gasteiger partial charge on any atom is 0.113 e. The minimum absolute atomic E-state index is 0.491. The Morgan fingerprint density at radius 2 is 1.94 bits per heavy atom. The highest BCUT2D eigenvalue weighted by molar-refractivity contribution is 5.24. The Balaban J connectivity index is 2.38. The highest BCUT2D eigenvalue weighted by atomic mass is 16.5. The number of hydrogen-bond acceptors (Lipinski definition) is 2. The fourth-order valence-corrected chi connectivity index (χ4v) is 1.14. The van der Waals surface area contributed by atoms with E-state index in [1.807, 2.05) is 30.3 Å². The van der Waals surface area contributed by atoms with Crippen molar-refractivity contribution in [2.24, 2.45) is 0 Å². The minimum atomic E-state index is -0.548. The summed E-state index contributed by atoms with van der Waals surface area (Å²) >= 11 is 0. The lowest BCUT2D eigenvalue weighted by Gasteiger charge is -2.06. The molecule has 0 aliphatic carbocycles. The monoisotopic (exact) mass is 230 g/mol. The number of aliphatic hydroxyl groups excluding tert-OH is 1. The van der Waals surface area contributed by atoms with E-state index in [-0.39, 0.29) is 0 Å². The third-order valence-corrected chi connectivity index (χ3v) is 2.29. The van der Waals surface area contributed by atoms with Crippen LogP contribution in [0.4, 0.5) is 0 Å². The molecular weight excluding hydrogens is 212 g/mol. The smallest absolute Gasteiger partial charge is 0.113 e. The Bertz CT molecular complexity index is 402. The normalized spacial score (nSPS) is 12.4. The van der Waals surface area contributed by atoms with Crippen LogP contribution in [0.5, 0.6) is 0 Å². The minimum Gasteiger partial charge on any atom is -0.490 e. The Labute approximate surface area is 103 Å². The van der Waals surface area contributed by atoms with E-state index in [1.165, 1.54) is 0 Å². The van der Waals surface area contributed by atoms with E-state index in [0.29, 0.717) is 17.9 Å². The highest BCUT2D eigenvalue weighted by Crippen LogP contribution is 2.07. The van der Waals surface area contributed by atoms with Gasteiger partial charge in [-0.15, -0.1) is 0 Å². The molecule has 0 heterocycles. The number of benzene rings is 1. The van der Waals surface area contributed by atoms with Gasteiger partial charge in [0.05, 0.1) is 6.10 Å². The molecule has 0 spiro atoms. The van der Waals surface area contributed by atoms with Gasteiger partial charge in [-0.2, -0.15) is 0 Å². The topological polar surface area (TPSA) is 29.5 Å². The van der Waals surface area contributed by atoms with Gasteiger partial charge in [-0.1, -0.05) is 49.6 Å². The molecular formula is C15H18O2. The molecule has 17 heavy (non-hydrogen) atoms. The largest absolute Gasteiger partial charge is 0.490 e. The maximum atomic E-state index is 9.22. The van der Waals surface area contributed by atoms with Crippen molar-refractivity contribution in [3.8, 4) is 0 Å². The van der Waals surface area contributed by atoms with Gasteiger partial charge in [-0.25, -0.2) is 0 Å². The standard InChI is InChI=1S/C15H18O2/c1-12(14(3)16)9-10-13(2)17-11-15-7-5-4-6-8-15/h4-10,14,16H,1-2,11H2,3H3. The van der Waals surface area contributed by atoms with E-state index >= 15 is 0 Å². The van der Waals surface area contributed by atoms with E-state index in [2.05, 4.69) is 13.2 Å². The van der Waals surface area contributed by atoms with Crippen molar-refractivity contribution in [1.82, 2.24) is 0 Å². The molecule has 0 bridgehead atoms. The SMILES string of the molecule is C=C(C=CC(=C)C(C)O)OCc1ccccc1. The van der Waals surface area contributed by atoms with Crippen molar-refractivity contribution in [2.45, 2.75) is 19.6 Å². The summed E-state index contributed by atoms with van der Waals surface area (Å²) in [5.74, 6) is 0.552. The molecule has 1 aromatic carbocycles. The third-order valence-electron chi connectivity index (χ3n) is 2.29. The summed E-state index contributed by atoms with van der Waals surface area (Å²) in [5.41, 5.74) is 1.73. The molecule has 0 saturated heterocycles. The van der Waals surface area contributed by atoms with E-state index in [4.69, 9.17) is 4.74 Å². The van der Waals surface area contributed by atoms with Crippen LogP contribution in [0.1, 0.15) is 12.5 Å². The van der Waals surface area contributed by atoms with Gasteiger partial charge in [0.2, 0.25) is 0 Å². The van der Waals surface area contributed by atoms with Crippen molar-refractivity contribution >= 4 is 0 Å². The number of aliphatic hydroxyl groups is 1. The fraction of sp³-hybridized carbons (Fsp3) is 0.200. The first-order valence-electron chi connectivity index (χ1n) is 5.50. The van der Waals surface area contributed by atoms with Crippen LogP contribution in [0.3, 0.4) is 0 Å². The molecule has 0 radical (unpaired) electrons. The van der Waals surface area contributed by atoms with Gasteiger partial charge in [-0.05, 0) is 24.1 Å². The fourth-order valence-electron chi connectivity index (χ4n) is 1.14. The van der Waals surface area contributed by atoms with E-state index in [9.17, 15) is 5.11 Å². The molecule has 0 amide bonds. The maximum absolute atomic E-state index is 9.22. The van der Waals surface area contributed by atoms with Crippen LogP contribution >= 0.6 is 0 Å². The lowest BCUT2D eigenvalue weighted by atomic mass is 10.2. The highest BCUT2D eigenvalue weighted by Gasteiger charge is 1.97. The van der Waals surface area contributed by atoms with Crippen molar-refractivity contribution < 1.29 is 9.84 Å². The molecule has 1 atom stereocenters. The van der Waals surface area contributed by atoms with Crippen molar-refractivity contribution in [3.63, 3.8) is 0 Å². The van der Waals surface area contributed by atoms with Gasteiger partial charge >= 0.3 is 0 Å². The first-order valence-corrected chi connectivity index (χ1v) is 5.50. The zero-order valence-electron chi connectivity index (χ0n) is 10.1. The average Bonchev–Trinajstić information content (AvgIpc) is 2.34. The van der Waals surface area contributed by atoms with Crippen LogP contribution in [-0.2, 0) is 11.3 Å². The molecule has 1 unspecified atom stereocenters. The van der Waals surface area contributed by atoms with Crippen LogP contribution in [0, 0.1) is 0 Å². The molecule has 1 N–H and O–H groups in total. The number of allylic oxidation sites excluding steroid dienone is 1. The first kappa shape index (κ1) is 13.3. The van der Waals surface area contributed by atoms with Gasteiger partial charge in [0.15, 0.2) is 0 Å². The van der Waals surface area contributed by atoms with E-state index in [0.717, 1.165) is 5.56 Å². The molecule has 2 nitrogen and oxygen atoms in total. The Morgan fingerprint density at radius 1 is 1.29 bits per heavy atom. The summed E-state index contributed by atoms with van der Waals surface area (Å²) in [4.78, 5) is 0. The van der Waals surface area contributed by atoms with Crippen LogP contribution in [-0.4, -0.2) is 11.2 Å². The summed E-state index contributed by atoms with van der Waals surface area (Å²) in [5, 5.41) is 9.22. The lowest BCUT2D eigenvalue weighted by molar-refractivity contribution is 0.212. The molecule has 0 fully saturated rings. The number of hydrogen-bond donors (Lipinski definition) is 1. The second-order valence-corrected chi connectivity index (χ2v) is 3.82. The molecule has 0 aromatic heterocycles. The summed E-state index contributed by atoms with van der Waals surface area (Å²) < 4.78 is 5.45. The van der Waals surface area contributed by atoms with E-state index in [1.54, 1.807) is 19.1 Å². The van der Waals surface area contributed by atoms with Crippen LogP contribution in [0.15, 0.2) is 67.0 Å². The van der Waals surface area contributed by atoms with Gasteiger partial charge < -0.3 is 9.84 Å². The second-order valence-electron chi connectivity index (χ2n) is 3.82. The summed E-state index contributed by atoms with van der Waals surface area (Å²) in [6.07, 6.45) is 2.86. The van der Waals surface area contributed by atoms with Gasteiger partial charge in [-0.3, -0.25) is 0 Å². The quantitative estimate of drug-likeness (QED) is 0.600. The van der Waals surface area contributed by atoms with Crippen LogP contribution < -0.4 is 0 Å². The van der Waals surface area contributed by atoms with E-state index < -0.39 is 6.10 Å². The Morgan fingerprint density at radius 3 is 2.53 bits per heavy atom. The predicted octanol–water partition coefficient (Wildman–Crippen LogP) is 3.21. The molecule has 1 aromatic rings. The molecule has 90 valence electrons. The summed E-state index contributed by atoms with van der Waals surface area (Å²) in [6.45, 7) is 9.64. The zero-order chi connectivity index (χ0) is 12.7. The van der Waals surface area contributed by atoms with Gasteiger partial charge in [0.1, 0.15) is 12.4 Å². The van der Waals surface area contributed by atoms with Crippen LogP contribution in [0.25, 0.3) is 0 Å². The van der Waals surface area contributed by atoms with Gasteiger partial charge in [0, 0.05) is 0 Å². The second kappa shape index (κ2) is 6.71. The summed E-state index contributed by atoms with van der Waals surface area (Å²) in [6, 6.07) is 9.88. The molecule has 2 heteroatoms. The van der Waals surface area contributed by atoms with Crippen LogP contribution in [0.2, 0.25) is 0 Å². The van der Waals surface area contributed by atoms with Gasteiger partial charge in [0.25, 0.3) is 0 Å². The third kappa shape index (κ3) is 5.18. The first-order chi connectivity index (χ1) is 8.09. The molecule has 0 aliphatic heterocycles. The number of rotatable bonds is 6. The van der Waals surface area contributed by atoms with Crippen molar-refractivity contribution in [1.29, 1.82) is 0 Å². The van der Waals surface area contributed by atoms with Crippen molar-refractivity contribution in [2.75, 3.05) is 0 Å². The molecule has 0 aliphatic rings. The Hall–Kier alpha value is -1.80. The average molecular weight is 230 g/mol. The molecule has 0 saturated carbocycles. The Kier molecular flexibility index (Phi) is 5.24. The summed E-state index contributed by atoms with van der Waals surface area (Å²) in [7, 11) is 0. The zero-order valence-corrected chi connectivity index (χ0v) is 10.1. The molecule has 1 rings (SSSR count).